The van der Waals surface area contributed by atoms with Crippen LogP contribution in [-0.4, -0.2) is 36.2 Å². The Balaban J connectivity index is 1.65. The van der Waals surface area contributed by atoms with Gasteiger partial charge in [0.1, 0.15) is 0 Å². The summed E-state index contributed by atoms with van der Waals surface area (Å²) in [5, 5.41) is 6.00. The Morgan fingerprint density at radius 2 is 2.19 bits per heavy atom. The van der Waals surface area contributed by atoms with Gasteiger partial charge in [0.05, 0.1) is 12.2 Å². The molecule has 3 aliphatic rings. The molecule has 16 heavy (non-hydrogen) atoms. The number of carbonyl (C=O) groups is 1. The number of hydrogen-bond acceptors (Lipinski definition) is 4. The molecule has 2 N–H and O–H groups in total. The van der Waals surface area contributed by atoms with E-state index < -0.39 is 0 Å². The minimum absolute atomic E-state index is 0.0257. The van der Waals surface area contributed by atoms with Crippen molar-refractivity contribution in [3.63, 3.8) is 0 Å². The molecule has 3 unspecified atom stereocenters. The van der Waals surface area contributed by atoms with E-state index in [0.29, 0.717) is 12.0 Å². The Labute approximate surface area is 94.6 Å². The van der Waals surface area contributed by atoms with Crippen molar-refractivity contribution < 1.29 is 9.53 Å². The van der Waals surface area contributed by atoms with Crippen LogP contribution in [0.4, 0.5) is 0 Å². The van der Waals surface area contributed by atoms with E-state index in [9.17, 15) is 4.79 Å². The number of ether oxygens (including phenoxy) is 1. The van der Waals surface area contributed by atoms with E-state index >= 15 is 0 Å². The monoisotopic (exact) mass is 223 g/mol. The minimum atomic E-state index is -0.341. The number of amides is 1. The Morgan fingerprint density at radius 1 is 1.38 bits per heavy atom. The number of carbonyl (C=O) groups excluding carboxylic acids is 1. The molecule has 0 radical (unpaired) electrons. The molecule has 0 aromatic rings. The maximum Gasteiger partial charge on any atom is 0.254 e. The number of nitrogens with zero attached hydrogens (tertiary/aromatic N) is 1. The molecule has 0 bridgehead atoms. The highest BCUT2D eigenvalue weighted by Gasteiger charge is 2.39. The molecule has 1 amide bonds. The minimum Gasteiger partial charge on any atom is -0.372 e. The summed E-state index contributed by atoms with van der Waals surface area (Å²) in [6, 6.07) is 0.174. The summed E-state index contributed by atoms with van der Waals surface area (Å²) in [6.45, 7) is 2.04. The molecule has 2 heterocycles. The second kappa shape index (κ2) is 3.73. The molecule has 3 rings (SSSR count). The molecule has 2 aliphatic heterocycles. The van der Waals surface area contributed by atoms with Crippen molar-refractivity contribution in [1.29, 1.82) is 0 Å². The highest BCUT2D eigenvalue weighted by atomic mass is 16.5. The first-order valence-electron chi connectivity index (χ1n) is 6.03. The van der Waals surface area contributed by atoms with Crippen LogP contribution in [0.2, 0.25) is 0 Å². The summed E-state index contributed by atoms with van der Waals surface area (Å²) in [4.78, 5) is 16.1. The Hall–Kier alpha value is -1.10. The van der Waals surface area contributed by atoms with Crippen molar-refractivity contribution in [3.8, 4) is 0 Å². The van der Waals surface area contributed by atoms with E-state index in [1.807, 2.05) is 6.92 Å². The van der Waals surface area contributed by atoms with Crippen LogP contribution in [0.1, 0.15) is 32.6 Å². The molecule has 1 saturated heterocycles. The zero-order valence-corrected chi connectivity index (χ0v) is 9.40. The van der Waals surface area contributed by atoms with Gasteiger partial charge in [-0.25, -0.2) is 4.99 Å². The van der Waals surface area contributed by atoms with Gasteiger partial charge in [-0.05, 0) is 32.6 Å². The lowest BCUT2D eigenvalue weighted by molar-refractivity contribution is -0.123. The van der Waals surface area contributed by atoms with Gasteiger partial charge in [-0.1, -0.05) is 0 Å². The van der Waals surface area contributed by atoms with E-state index in [2.05, 4.69) is 15.6 Å². The van der Waals surface area contributed by atoms with Crippen LogP contribution in [-0.2, 0) is 9.53 Å². The normalized spacial score (nSPS) is 38.4. The molecule has 88 valence electrons. The lowest BCUT2D eigenvalue weighted by Crippen LogP contribution is -2.40. The van der Waals surface area contributed by atoms with Gasteiger partial charge in [-0.3, -0.25) is 10.1 Å². The van der Waals surface area contributed by atoms with Gasteiger partial charge in [-0.15, -0.1) is 0 Å². The Bertz CT molecular complexity index is 338. The maximum atomic E-state index is 11.7. The predicted molar refractivity (Wildman–Crippen MR) is 59.1 cm³/mol. The van der Waals surface area contributed by atoms with Gasteiger partial charge < -0.3 is 10.1 Å². The zero-order chi connectivity index (χ0) is 11.1. The number of hydrogen-bond donors (Lipinski definition) is 2. The summed E-state index contributed by atoms with van der Waals surface area (Å²) in [5.41, 5.74) is 0. The van der Waals surface area contributed by atoms with Crippen LogP contribution >= 0.6 is 0 Å². The van der Waals surface area contributed by atoms with Gasteiger partial charge in [0.2, 0.25) is 0 Å². The van der Waals surface area contributed by atoms with Crippen molar-refractivity contribution in [2.45, 2.75) is 56.9 Å². The van der Waals surface area contributed by atoms with Gasteiger partial charge in [-0.2, -0.15) is 0 Å². The van der Waals surface area contributed by atoms with E-state index in [-0.39, 0.29) is 24.2 Å². The lowest BCUT2D eigenvalue weighted by atomic mass is 10.1. The van der Waals surface area contributed by atoms with Crippen molar-refractivity contribution in [2.75, 3.05) is 0 Å². The third kappa shape index (κ3) is 1.91. The fourth-order valence-electron chi connectivity index (χ4n) is 2.23. The third-order valence-corrected chi connectivity index (χ3v) is 3.31. The van der Waals surface area contributed by atoms with Gasteiger partial charge in [0, 0.05) is 6.04 Å². The summed E-state index contributed by atoms with van der Waals surface area (Å²) in [5.74, 6) is 0.614. The second-order valence-electron chi connectivity index (χ2n) is 4.89. The van der Waals surface area contributed by atoms with E-state index in [1.165, 1.54) is 12.8 Å². The van der Waals surface area contributed by atoms with Crippen LogP contribution < -0.4 is 10.6 Å². The second-order valence-corrected chi connectivity index (χ2v) is 4.89. The molecule has 0 spiro atoms. The maximum absolute atomic E-state index is 11.7. The highest BCUT2D eigenvalue weighted by molar-refractivity contribution is 6.05. The zero-order valence-electron chi connectivity index (χ0n) is 9.40. The largest absolute Gasteiger partial charge is 0.372 e. The van der Waals surface area contributed by atoms with Crippen molar-refractivity contribution in [3.05, 3.63) is 0 Å². The average molecular weight is 223 g/mol. The van der Waals surface area contributed by atoms with Gasteiger partial charge in [0.15, 0.2) is 12.0 Å². The predicted octanol–water partition coefficient (Wildman–Crippen LogP) is 0.160. The summed E-state index contributed by atoms with van der Waals surface area (Å²) < 4.78 is 5.69. The molecule has 0 aromatic heterocycles. The molecular weight excluding hydrogens is 206 g/mol. The Morgan fingerprint density at radius 3 is 2.81 bits per heavy atom. The van der Waals surface area contributed by atoms with Gasteiger partial charge >= 0.3 is 0 Å². The molecule has 1 saturated carbocycles. The van der Waals surface area contributed by atoms with E-state index in [1.54, 1.807) is 0 Å². The molecular formula is C11H17N3O2. The van der Waals surface area contributed by atoms with Gasteiger partial charge in [0.25, 0.3) is 5.91 Å². The van der Waals surface area contributed by atoms with E-state index in [4.69, 9.17) is 4.74 Å². The summed E-state index contributed by atoms with van der Waals surface area (Å²) >= 11 is 0. The van der Waals surface area contributed by atoms with Crippen molar-refractivity contribution in [1.82, 2.24) is 10.6 Å². The van der Waals surface area contributed by atoms with Crippen molar-refractivity contribution in [2.24, 2.45) is 4.99 Å². The van der Waals surface area contributed by atoms with Crippen LogP contribution in [0, 0.1) is 0 Å². The fourth-order valence-corrected chi connectivity index (χ4v) is 2.23. The number of aliphatic imine (C=N–C) groups is 1. The van der Waals surface area contributed by atoms with Crippen LogP contribution in [0.3, 0.4) is 0 Å². The van der Waals surface area contributed by atoms with Crippen LogP contribution in [0.25, 0.3) is 0 Å². The first-order valence-corrected chi connectivity index (χ1v) is 6.03. The standard InChI is InChI=1S/C11H17N3O2/c1-6-2-5-8(16-6)9-10(15)14-11(13-9)12-7-3-4-7/h6-9H,2-5H2,1H3,(H2,12,13,14,15). The summed E-state index contributed by atoms with van der Waals surface area (Å²) in [7, 11) is 0. The highest BCUT2D eigenvalue weighted by Crippen LogP contribution is 2.25. The van der Waals surface area contributed by atoms with Crippen LogP contribution in [0.15, 0.2) is 4.99 Å². The van der Waals surface area contributed by atoms with Crippen LogP contribution in [0.5, 0.6) is 0 Å². The molecule has 1 aliphatic carbocycles. The molecule has 5 heteroatoms. The average Bonchev–Trinajstić information content (AvgIpc) is 2.82. The smallest absolute Gasteiger partial charge is 0.254 e. The summed E-state index contributed by atoms with van der Waals surface area (Å²) in [6.07, 6.45) is 4.53. The number of rotatable bonds is 2. The molecule has 5 nitrogen and oxygen atoms in total. The third-order valence-electron chi connectivity index (χ3n) is 3.31. The SMILES string of the molecule is CC1CCC(C2N=C(NC3CC3)NC2=O)O1. The number of guanidine groups is 1. The Kier molecular flexibility index (Phi) is 2.35. The van der Waals surface area contributed by atoms with Crippen molar-refractivity contribution >= 4 is 11.9 Å². The molecule has 0 aromatic carbocycles. The number of nitrogens with one attached hydrogen (secondary N) is 2. The fraction of sp³-hybridized carbons (Fsp3) is 0.818. The first kappa shape index (κ1) is 10.1. The van der Waals surface area contributed by atoms with E-state index in [0.717, 1.165) is 12.8 Å². The lowest BCUT2D eigenvalue weighted by Gasteiger charge is -2.13. The topological polar surface area (TPSA) is 62.7 Å². The quantitative estimate of drug-likeness (QED) is 0.701. The molecule has 2 fully saturated rings. The molecule has 3 atom stereocenters. The first-order chi connectivity index (χ1) is 7.72.